The second kappa shape index (κ2) is 9.92. The van der Waals surface area contributed by atoms with Crippen LogP contribution in [0.3, 0.4) is 0 Å². The lowest BCUT2D eigenvalue weighted by molar-refractivity contribution is 0.0901. The van der Waals surface area contributed by atoms with Crippen LogP contribution in [0.2, 0.25) is 0 Å². The Morgan fingerprint density at radius 1 is 1.14 bits per heavy atom. The molecule has 0 unspecified atom stereocenters. The smallest absolute Gasteiger partial charge is 0.287 e. The number of furan rings is 1. The Hall–Kier alpha value is -2.07. The van der Waals surface area contributed by atoms with Crippen molar-refractivity contribution in [1.82, 2.24) is 10.2 Å². The van der Waals surface area contributed by atoms with Gasteiger partial charge in [0.15, 0.2) is 5.76 Å². The highest BCUT2D eigenvalue weighted by Gasteiger charge is 2.23. The molecule has 152 valence electrons. The summed E-state index contributed by atoms with van der Waals surface area (Å²) in [6, 6.07) is 13.1. The van der Waals surface area contributed by atoms with E-state index < -0.39 is 0 Å². The van der Waals surface area contributed by atoms with E-state index in [-0.39, 0.29) is 11.9 Å². The molecule has 0 aliphatic heterocycles. The van der Waals surface area contributed by atoms with Gasteiger partial charge in [-0.15, -0.1) is 0 Å². The quantitative estimate of drug-likeness (QED) is 0.660. The van der Waals surface area contributed by atoms with E-state index in [1.54, 1.807) is 6.07 Å². The monoisotopic (exact) mass is 382 g/mol. The summed E-state index contributed by atoms with van der Waals surface area (Å²) in [5, 5.41) is 2.98. The molecule has 4 heteroatoms. The average Bonchev–Trinajstić information content (AvgIpc) is 3.18. The van der Waals surface area contributed by atoms with Crippen molar-refractivity contribution in [3.05, 3.63) is 59.0 Å². The summed E-state index contributed by atoms with van der Waals surface area (Å²) < 4.78 is 5.93. The molecule has 0 radical (unpaired) electrons. The second-order valence-corrected chi connectivity index (χ2v) is 8.17. The molecule has 1 aliphatic rings. The highest BCUT2D eigenvalue weighted by atomic mass is 16.4. The first-order valence-corrected chi connectivity index (χ1v) is 10.7. The Morgan fingerprint density at radius 3 is 2.61 bits per heavy atom. The number of aryl methyl sites for hydroxylation is 1. The normalized spacial score (nSPS) is 16.3. The third kappa shape index (κ3) is 5.48. The predicted octanol–water partition coefficient (Wildman–Crippen LogP) is 5.45. The van der Waals surface area contributed by atoms with Crippen LogP contribution in [0.15, 0.2) is 40.8 Å². The van der Waals surface area contributed by atoms with Crippen LogP contribution in [0.4, 0.5) is 0 Å². The van der Waals surface area contributed by atoms with Crippen LogP contribution in [0, 0.1) is 6.92 Å². The second-order valence-electron chi connectivity index (χ2n) is 8.17. The van der Waals surface area contributed by atoms with Crippen LogP contribution in [-0.2, 0) is 13.1 Å². The summed E-state index contributed by atoms with van der Waals surface area (Å²) in [5.74, 6) is 1.16. The molecule has 4 nitrogen and oxygen atoms in total. The van der Waals surface area contributed by atoms with Gasteiger partial charge in [0.05, 0.1) is 6.54 Å². The first kappa shape index (κ1) is 20.7. The van der Waals surface area contributed by atoms with Crippen molar-refractivity contribution in [3.8, 4) is 0 Å². The van der Waals surface area contributed by atoms with E-state index in [0.717, 1.165) is 25.3 Å². The van der Waals surface area contributed by atoms with E-state index in [9.17, 15) is 4.79 Å². The van der Waals surface area contributed by atoms with Gasteiger partial charge in [-0.2, -0.15) is 0 Å². The van der Waals surface area contributed by atoms with E-state index in [0.29, 0.717) is 11.8 Å². The first-order valence-electron chi connectivity index (χ1n) is 10.7. The molecule has 1 fully saturated rings. The molecule has 1 aromatic carbocycles. The summed E-state index contributed by atoms with van der Waals surface area (Å²) in [6.07, 6.45) is 7.34. The van der Waals surface area contributed by atoms with Gasteiger partial charge in [0.25, 0.3) is 5.91 Å². The Kier molecular flexibility index (Phi) is 7.32. The molecule has 1 amide bonds. The fourth-order valence-corrected chi connectivity index (χ4v) is 3.95. The van der Waals surface area contributed by atoms with Gasteiger partial charge in [0, 0.05) is 18.6 Å². The van der Waals surface area contributed by atoms with Gasteiger partial charge in [-0.3, -0.25) is 9.69 Å². The van der Waals surface area contributed by atoms with E-state index >= 15 is 0 Å². The highest BCUT2D eigenvalue weighted by molar-refractivity contribution is 5.91. The molecule has 2 aromatic rings. The number of hydrogen-bond donors (Lipinski definition) is 1. The van der Waals surface area contributed by atoms with Crippen LogP contribution in [0.25, 0.3) is 0 Å². The molecule has 1 N–H and O–H groups in total. The number of benzene rings is 1. The van der Waals surface area contributed by atoms with Crippen molar-refractivity contribution >= 4 is 5.91 Å². The van der Waals surface area contributed by atoms with Gasteiger partial charge in [-0.1, -0.05) is 50.5 Å². The van der Waals surface area contributed by atoms with Crippen molar-refractivity contribution in [2.75, 3.05) is 0 Å². The van der Waals surface area contributed by atoms with E-state index in [2.05, 4.69) is 48.3 Å². The zero-order valence-electron chi connectivity index (χ0n) is 17.5. The van der Waals surface area contributed by atoms with Crippen molar-refractivity contribution in [2.24, 2.45) is 0 Å². The fourth-order valence-electron chi connectivity index (χ4n) is 3.95. The van der Waals surface area contributed by atoms with E-state index in [4.69, 9.17) is 4.42 Å². The molecule has 1 saturated carbocycles. The summed E-state index contributed by atoms with van der Waals surface area (Å²) in [4.78, 5) is 14.9. The Morgan fingerprint density at radius 2 is 1.89 bits per heavy atom. The van der Waals surface area contributed by atoms with Crippen LogP contribution in [0.5, 0.6) is 0 Å². The molecule has 1 aromatic heterocycles. The molecule has 1 atom stereocenters. The lowest BCUT2D eigenvalue weighted by atomic mass is 9.93. The van der Waals surface area contributed by atoms with Crippen molar-refractivity contribution in [1.29, 1.82) is 0 Å². The van der Waals surface area contributed by atoms with Gasteiger partial charge in [-0.25, -0.2) is 0 Å². The van der Waals surface area contributed by atoms with Crippen molar-refractivity contribution < 1.29 is 9.21 Å². The molecule has 0 spiro atoms. The number of rotatable bonds is 8. The minimum atomic E-state index is -0.122. The van der Waals surface area contributed by atoms with Crippen LogP contribution in [0.1, 0.15) is 79.8 Å². The minimum absolute atomic E-state index is 0.122. The Labute approximate surface area is 169 Å². The average molecular weight is 383 g/mol. The molecule has 1 heterocycles. The number of nitrogens with one attached hydrogen (secondary N) is 1. The lowest BCUT2D eigenvalue weighted by Gasteiger charge is -2.34. The maximum Gasteiger partial charge on any atom is 0.287 e. The van der Waals surface area contributed by atoms with Crippen LogP contribution in [-0.4, -0.2) is 22.9 Å². The van der Waals surface area contributed by atoms with E-state index in [1.807, 2.05) is 13.0 Å². The summed E-state index contributed by atoms with van der Waals surface area (Å²) >= 11 is 0. The maximum absolute atomic E-state index is 12.3. The third-order valence-corrected chi connectivity index (χ3v) is 5.96. The fraction of sp³-hybridized carbons (Fsp3) is 0.542. The van der Waals surface area contributed by atoms with Gasteiger partial charge in [-0.05, 0) is 56.4 Å². The van der Waals surface area contributed by atoms with Gasteiger partial charge in [0.2, 0.25) is 0 Å². The number of carbonyl (C=O) groups is 1. The molecule has 28 heavy (non-hydrogen) atoms. The standard InChI is InChI=1S/C24H34N2O2/c1-4-19(3)25-24(27)23-15-14-22(28-23)17-26(21-12-6-5-7-13-21)16-20-11-9-8-10-18(20)2/h8-11,14-15,19,21H,4-7,12-13,16-17H2,1-3H3,(H,25,27)/t19-/m1/s1. The van der Waals surface area contributed by atoms with Crippen molar-refractivity contribution in [2.45, 2.75) is 84.5 Å². The number of nitrogens with zero attached hydrogens (tertiary/aromatic N) is 1. The van der Waals surface area contributed by atoms with Gasteiger partial charge >= 0.3 is 0 Å². The third-order valence-electron chi connectivity index (χ3n) is 5.96. The molecular formula is C24H34N2O2. The molecule has 0 saturated heterocycles. The Bertz CT molecular complexity index is 761. The predicted molar refractivity (Wildman–Crippen MR) is 113 cm³/mol. The van der Waals surface area contributed by atoms with Crippen molar-refractivity contribution in [3.63, 3.8) is 0 Å². The topological polar surface area (TPSA) is 45.5 Å². The Balaban J connectivity index is 1.72. The maximum atomic E-state index is 12.3. The van der Waals surface area contributed by atoms with E-state index in [1.165, 1.54) is 43.2 Å². The first-order chi connectivity index (χ1) is 13.6. The zero-order valence-corrected chi connectivity index (χ0v) is 17.5. The summed E-state index contributed by atoms with van der Waals surface area (Å²) in [5.41, 5.74) is 2.70. The highest BCUT2D eigenvalue weighted by Crippen LogP contribution is 2.27. The minimum Gasteiger partial charge on any atom is -0.455 e. The summed E-state index contributed by atoms with van der Waals surface area (Å²) in [7, 11) is 0. The number of amides is 1. The molecule has 0 bridgehead atoms. The largest absolute Gasteiger partial charge is 0.455 e. The zero-order chi connectivity index (χ0) is 19.9. The van der Waals surface area contributed by atoms with Crippen LogP contribution < -0.4 is 5.32 Å². The van der Waals surface area contributed by atoms with Gasteiger partial charge < -0.3 is 9.73 Å². The molecule has 1 aliphatic carbocycles. The van der Waals surface area contributed by atoms with Gasteiger partial charge in [0.1, 0.15) is 5.76 Å². The SMILES string of the molecule is CC[C@@H](C)NC(=O)c1ccc(CN(Cc2ccccc2C)C2CCCCC2)o1. The molecule has 3 rings (SSSR count). The number of hydrogen-bond acceptors (Lipinski definition) is 3. The molecular weight excluding hydrogens is 348 g/mol. The lowest BCUT2D eigenvalue weighted by Crippen LogP contribution is -2.36. The number of carbonyl (C=O) groups excluding carboxylic acids is 1. The van der Waals surface area contributed by atoms with Crippen LogP contribution >= 0.6 is 0 Å². The summed E-state index contributed by atoms with van der Waals surface area (Å²) in [6.45, 7) is 7.92.